The summed E-state index contributed by atoms with van der Waals surface area (Å²) in [7, 11) is 0. The smallest absolute Gasteiger partial charge is 0.143 e. The van der Waals surface area contributed by atoms with Crippen molar-refractivity contribution in [2.24, 2.45) is 0 Å². The van der Waals surface area contributed by atoms with Crippen LogP contribution in [0.2, 0.25) is 5.02 Å². The first-order valence-electron chi connectivity index (χ1n) is 5.34. The van der Waals surface area contributed by atoms with Gasteiger partial charge in [-0.1, -0.05) is 11.6 Å². The zero-order valence-electron chi connectivity index (χ0n) is 9.12. The Morgan fingerprint density at radius 3 is 3.19 bits per heavy atom. The number of hydrogen-bond donors (Lipinski definition) is 0. The number of halogens is 2. The van der Waals surface area contributed by atoms with E-state index in [1.54, 1.807) is 6.20 Å². The van der Waals surface area contributed by atoms with Crippen molar-refractivity contribution in [1.29, 1.82) is 0 Å². The van der Waals surface area contributed by atoms with Crippen molar-refractivity contribution in [1.82, 2.24) is 4.98 Å². The molecule has 0 aromatic carbocycles. The number of rotatable bonds is 1. The van der Waals surface area contributed by atoms with E-state index in [9.17, 15) is 0 Å². The average Bonchev–Trinajstić information content (AvgIpc) is 2.43. The van der Waals surface area contributed by atoms with Gasteiger partial charge in [-0.3, -0.25) is 0 Å². The van der Waals surface area contributed by atoms with Crippen LogP contribution in [0.25, 0.3) is 0 Å². The quantitative estimate of drug-likeness (QED) is 0.797. The maximum Gasteiger partial charge on any atom is 0.143 e. The molecule has 0 amide bonds. The first-order valence-corrected chi connectivity index (χ1v) is 6.51. The van der Waals surface area contributed by atoms with Crippen LogP contribution in [0.3, 0.4) is 0 Å². The van der Waals surface area contributed by atoms with Crippen molar-refractivity contribution in [2.45, 2.75) is 19.4 Å². The highest BCUT2D eigenvalue weighted by Crippen LogP contribution is 2.27. The lowest BCUT2D eigenvalue weighted by atomic mass is 10.3. The Balaban J connectivity index is 2.21. The van der Waals surface area contributed by atoms with Crippen LogP contribution in [0, 0.1) is 0 Å². The molecule has 0 spiro atoms. The third-order valence-corrected chi connectivity index (χ3v) is 3.33. The summed E-state index contributed by atoms with van der Waals surface area (Å²) in [6.07, 6.45) is 2.95. The lowest BCUT2D eigenvalue weighted by Crippen LogP contribution is -2.31. The molecule has 5 heteroatoms. The Bertz CT molecular complexity index is 375. The molecule has 1 aromatic heterocycles. The highest BCUT2D eigenvalue weighted by atomic mass is 79.9. The first kappa shape index (κ1) is 12.1. The Labute approximate surface area is 109 Å². The zero-order valence-corrected chi connectivity index (χ0v) is 11.5. The minimum atomic E-state index is 0.242. The number of hydrogen-bond acceptors (Lipinski definition) is 3. The molecule has 1 fully saturated rings. The number of nitrogens with zero attached hydrogens (tertiary/aromatic N) is 2. The molecule has 1 aromatic rings. The number of ether oxygens (including phenoxy) is 1. The van der Waals surface area contributed by atoms with Gasteiger partial charge in [-0.15, -0.1) is 0 Å². The van der Waals surface area contributed by atoms with E-state index in [0.717, 1.165) is 36.4 Å². The van der Waals surface area contributed by atoms with Crippen LogP contribution in [-0.4, -0.2) is 30.8 Å². The monoisotopic (exact) mass is 304 g/mol. The zero-order chi connectivity index (χ0) is 11.5. The number of anilines is 1. The van der Waals surface area contributed by atoms with Gasteiger partial charge in [0, 0.05) is 25.9 Å². The third-order valence-electron chi connectivity index (χ3n) is 2.54. The Kier molecular flexibility index (Phi) is 4.05. The van der Waals surface area contributed by atoms with Gasteiger partial charge in [0.1, 0.15) is 5.82 Å². The second kappa shape index (κ2) is 5.34. The van der Waals surface area contributed by atoms with Crippen molar-refractivity contribution in [2.75, 3.05) is 24.6 Å². The van der Waals surface area contributed by atoms with E-state index in [4.69, 9.17) is 16.3 Å². The van der Waals surface area contributed by atoms with Gasteiger partial charge in [-0.05, 0) is 35.3 Å². The maximum absolute atomic E-state index is 5.88. The molecule has 1 atom stereocenters. The molecule has 0 radical (unpaired) electrons. The molecule has 0 bridgehead atoms. The van der Waals surface area contributed by atoms with Crippen molar-refractivity contribution >= 4 is 33.3 Å². The second-order valence-corrected chi connectivity index (χ2v) is 5.23. The van der Waals surface area contributed by atoms with Gasteiger partial charge >= 0.3 is 0 Å². The number of aromatic nitrogens is 1. The van der Waals surface area contributed by atoms with Gasteiger partial charge in [0.05, 0.1) is 15.6 Å². The normalized spacial score (nSPS) is 21.9. The van der Waals surface area contributed by atoms with Crippen LogP contribution in [0.15, 0.2) is 16.7 Å². The minimum absolute atomic E-state index is 0.242. The number of pyridine rings is 1. The highest BCUT2D eigenvalue weighted by molar-refractivity contribution is 9.10. The van der Waals surface area contributed by atoms with E-state index in [1.807, 2.05) is 6.07 Å². The van der Waals surface area contributed by atoms with Crippen molar-refractivity contribution in [3.8, 4) is 0 Å². The SMILES string of the molecule is CC1CN(c2ncc(Cl)cc2Br)CCCO1. The van der Waals surface area contributed by atoms with E-state index in [2.05, 4.69) is 32.7 Å². The minimum Gasteiger partial charge on any atom is -0.377 e. The predicted molar refractivity (Wildman–Crippen MR) is 69.2 cm³/mol. The Hall–Kier alpha value is -0.320. The van der Waals surface area contributed by atoms with Gasteiger partial charge in [-0.2, -0.15) is 0 Å². The fraction of sp³-hybridized carbons (Fsp3) is 0.545. The fourth-order valence-electron chi connectivity index (χ4n) is 1.83. The predicted octanol–water partition coefficient (Wildman–Crippen LogP) is 3.11. The Morgan fingerprint density at radius 1 is 1.62 bits per heavy atom. The van der Waals surface area contributed by atoms with E-state index < -0.39 is 0 Å². The standard InChI is InChI=1S/C11H14BrClN2O/c1-8-7-15(3-2-4-16-8)11-10(12)5-9(13)6-14-11/h5-6,8H,2-4,7H2,1H3. The van der Waals surface area contributed by atoms with Crippen molar-refractivity contribution < 1.29 is 4.74 Å². The largest absolute Gasteiger partial charge is 0.377 e. The van der Waals surface area contributed by atoms with Crippen LogP contribution in [-0.2, 0) is 4.74 Å². The molecule has 1 aliphatic rings. The van der Waals surface area contributed by atoms with Crippen LogP contribution >= 0.6 is 27.5 Å². The van der Waals surface area contributed by atoms with Gasteiger partial charge in [0.25, 0.3) is 0 Å². The molecule has 1 saturated heterocycles. The molecule has 2 rings (SSSR count). The lowest BCUT2D eigenvalue weighted by molar-refractivity contribution is 0.0820. The fourth-order valence-corrected chi connectivity index (χ4v) is 2.72. The van der Waals surface area contributed by atoms with Gasteiger partial charge < -0.3 is 9.64 Å². The lowest BCUT2D eigenvalue weighted by Gasteiger charge is -2.24. The molecule has 3 nitrogen and oxygen atoms in total. The van der Waals surface area contributed by atoms with E-state index in [-0.39, 0.29) is 6.10 Å². The first-order chi connectivity index (χ1) is 7.66. The third kappa shape index (κ3) is 2.87. The van der Waals surface area contributed by atoms with Crippen molar-refractivity contribution in [3.05, 3.63) is 21.8 Å². The maximum atomic E-state index is 5.88. The molecule has 0 N–H and O–H groups in total. The highest BCUT2D eigenvalue weighted by Gasteiger charge is 2.18. The summed E-state index contributed by atoms with van der Waals surface area (Å²) in [6.45, 7) is 4.75. The van der Waals surface area contributed by atoms with Crippen molar-refractivity contribution in [3.63, 3.8) is 0 Å². The summed E-state index contributed by atoms with van der Waals surface area (Å²) in [6, 6.07) is 1.88. The summed E-state index contributed by atoms with van der Waals surface area (Å²) in [4.78, 5) is 6.60. The summed E-state index contributed by atoms with van der Waals surface area (Å²) in [5, 5.41) is 0.648. The molecular formula is C11H14BrClN2O. The molecule has 1 aliphatic heterocycles. The summed E-state index contributed by atoms with van der Waals surface area (Å²) < 4.78 is 6.55. The summed E-state index contributed by atoms with van der Waals surface area (Å²) in [5.41, 5.74) is 0. The van der Waals surface area contributed by atoms with Gasteiger partial charge in [-0.25, -0.2) is 4.98 Å². The Morgan fingerprint density at radius 2 is 2.44 bits per heavy atom. The molecule has 0 aliphatic carbocycles. The molecule has 2 heterocycles. The van der Waals surface area contributed by atoms with E-state index in [0.29, 0.717) is 5.02 Å². The molecule has 88 valence electrons. The van der Waals surface area contributed by atoms with Crippen LogP contribution in [0.5, 0.6) is 0 Å². The summed E-state index contributed by atoms with van der Waals surface area (Å²) in [5.74, 6) is 0.946. The molecular weight excluding hydrogens is 291 g/mol. The second-order valence-electron chi connectivity index (χ2n) is 3.94. The van der Waals surface area contributed by atoms with Crippen LogP contribution in [0.1, 0.15) is 13.3 Å². The van der Waals surface area contributed by atoms with E-state index >= 15 is 0 Å². The average molecular weight is 306 g/mol. The molecule has 16 heavy (non-hydrogen) atoms. The van der Waals surface area contributed by atoms with Gasteiger partial charge in [0.2, 0.25) is 0 Å². The van der Waals surface area contributed by atoms with Crippen LogP contribution in [0.4, 0.5) is 5.82 Å². The topological polar surface area (TPSA) is 25.4 Å². The summed E-state index contributed by atoms with van der Waals surface area (Å²) >= 11 is 9.38. The van der Waals surface area contributed by atoms with Gasteiger partial charge in [0.15, 0.2) is 0 Å². The molecule has 0 saturated carbocycles. The molecule has 1 unspecified atom stereocenters. The van der Waals surface area contributed by atoms with Crippen LogP contribution < -0.4 is 4.90 Å². The van der Waals surface area contributed by atoms with E-state index in [1.165, 1.54) is 0 Å².